The van der Waals surface area contributed by atoms with Crippen LogP contribution < -0.4 is 5.32 Å². The van der Waals surface area contributed by atoms with Gasteiger partial charge >= 0.3 is 0 Å². The summed E-state index contributed by atoms with van der Waals surface area (Å²) < 4.78 is 0.922. The summed E-state index contributed by atoms with van der Waals surface area (Å²) in [4.78, 5) is 10.1. The molecule has 0 aliphatic rings. The first-order valence-electron chi connectivity index (χ1n) is 6.26. The van der Waals surface area contributed by atoms with E-state index in [4.69, 9.17) is 11.6 Å². The number of hydrogen-bond donors (Lipinski definition) is 1. The molecule has 106 valence electrons. The third-order valence-electron chi connectivity index (χ3n) is 2.60. The lowest BCUT2D eigenvalue weighted by Gasteiger charge is -2.10. The molecule has 0 saturated heterocycles. The fourth-order valence-electron chi connectivity index (χ4n) is 1.67. The average Bonchev–Trinajstić information content (AvgIpc) is 2.43. The van der Waals surface area contributed by atoms with E-state index in [2.05, 4.69) is 31.2 Å². The topological polar surface area (TPSA) is 37.8 Å². The second-order valence-electron chi connectivity index (χ2n) is 4.14. The number of rotatable bonds is 5. The van der Waals surface area contributed by atoms with Crippen molar-refractivity contribution in [2.24, 2.45) is 0 Å². The maximum absolute atomic E-state index is 6.15. The van der Waals surface area contributed by atoms with E-state index in [1.54, 1.807) is 11.8 Å². The number of thioether (sulfide) groups is 1. The Balaban J connectivity index is 2.16. The van der Waals surface area contributed by atoms with E-state index in [-0.39, 0.29) is 0 Å². The fourth-order valence-corrected chi connectivity index (χ4v) is 3.08. The average molecular weight is 373 g/mol. The molecule has 6 heteroatoms. The highest BCUT2D eigenvalue weighted by molar-refractivity contribution is 9.10. The van der Waals surface area contributed by atoms with E-state index in [9.17, 15) is 0 Å². The summed E-state index contributed by atoms with van der Waals surface area (Å²) in [6, 6.07) is 7.80. The van der Waals surface area contributed by atoms with Gasteiger partial charge in [-0.3, -0.25) is 0 Å². The second-order valence-corrected chi connectivity index (χ2v) is 6.35. The highest BCUT2D eigenvalue weighted by Crippen LogP contribution is 2.30. The molecule has 2 aromatic rings. The Morgan fingerprint density at radius 1 is 1.30 bits per heavy atom. The van der Waals surface area contributed by atoms with Crippen molar-refractivity contribution >= 4 is 45.1 Å². The van der Waals surface area contributed by atoms with Crippen LogP contribution in [-0.2, 0) is 5.75 Å². The number of nitrogens with one attached hydrogen (secondary N) is 1. The lowest BCUT2D eigenvalue weighted by molar-refractivity contribution is 0.975. The highest BCUT2D eigenvalue weighted by Gasteiger charge is 2.09. The molecule has 1 heterocycles. The molecule has 0 fully saturated rings. The van der Waals surface area contributed by atoms with Gasteiger partial charge in [0.2, 0.25) is 0 Å². The van der Waals surface area contributed by atoms with E-state index in [0.717, 1.165) is 38.3 Å². The van der Waals surface area contributed by atoms with Gasteiger partial charge in [0.15, 0.2) is 0 Å². The van der Waals surface area contributed by atoms with Crippen molar-refractivity contribution in [3.05, 3.63) is 45.3 Å². The minimum absolute atomic E-state index is 0.691. The number of aryl methyl sites for hydroxylation is 1. The van der Waals surface area contributed by atoms with Crippen molar-refractivity contribution in [2.75, 3.05) is 11.9 Å². The molecule has 1 aromatic heterocycles. The Morgan fingerprint density at radius 2 is 2.05 bits per heavy atom. The molecule has 0 bridgehead atoms. The fraction of sp³-hybridized carbons (Fsp3) is 0.286. The van der Waals surface area contributed by atoms with Crippen LogP contribution in [0.4, 0.5) is 5.82 Å². The van der Waals surface area contributed by atoms with Gasteiger partial charge in [0, 0.05) is 11.4 Å². The summed E-state index contributed by atoms with van der Waals surface area (Å²) in [5.74, 6) is 2.33. The summed E-state index contributed by atoms with van der Waals surface area (Å²) in [6.45, 7) is 4.84. The molecule has 0 aliphatic carbocycles. The van der Waals surface area contributed by atoms with Crippen molar-refractivity contribution in [3.8, 4) is 0 Å². The molecule has 0 unspecified atom stereocenters. The van der Waals surface area contributed by atoms with Gasteiger partial charge in [-0.25, -0.2) is 9.97 Å². The van der Waals surface area contributed by atoms with Crippen LogP contribution in [0.3, 0.4) is 0 Å². The van der Waals surface area contributed by atoms with E-state index >= 15 is 0 Å². The van der Waals surface area contributed by atoms with Gasteiger partial charge in [-0.05, 0) is 41.9 Å². The molecule has 0 atom stereocenters. The third-order valence-corrected chi connectivity index (χ3v) is 5.06. The minimum Gasteiger partial charge on any atom is -0.369 e. The van der Waals surface area contributed by atoms with Crippen molar-refractivity contribution in [3.63, 3.8) is 0 Å². The Labute approximate surface area is 136 Å². The van der Waals surface area contributed by atoms with Crippen LogP contribution in [0.2, 0.25) is 5.02 Å². The lowest BCUT2D eigenvalue weighted by atomic mass is 10.4. The minimum atomic E-state index is 0.691. The number of halogens is 2. The molecule has 0 saturated carbocycles. The lowest BCUT2D eigenvalue weighted by Crippen LogP contribution is -2.05. The Bertz CT molecular complexity index is 607. The highest BCUT2D eigenvalue weighted by atomic mass is 79.9. The summed E-state index contributed by atoms with van der Waals surface area (Å²) in [7, 11) is 0. The van der Waals surface area contributed by atoms with Crippen LogP contribution in [0, 0.1) is 6.92 Å². The van der Waals surface area contributed by atoms with Crippen LogP contribution in [0.15, 0.2) is 33.6 Å². The van der Waals surface area contributed by atoms with Crippen LogP contribution in [0.1, 0.15) is 18.4 Å². The maximum Gasteiger partial charge on any atom is 0.144 e. The maximum atomic E-state index is 6.15. The van der Waals surface area contributed by atoms with E-state index < -0.39 is 0 Å². The number of hydrogen-bond acceptors (Lipinski definition) is 4. The van der Waals surface area contributed by atoms with Gasteiger partial charge in [-0.2, -0.15) is 0 Å². The zero-order valence-electron chi connectivity index (χ0n) is 11.3. The largest absolute Gasteiger partial charge is 0.369 e. The van der Waals surface area contributed by atoms with Gasteiger partial charge in [-0.1, -0.05) is 23.7 Å². The van der Waals surface area contributed by atoms with Crippen LogP contribution in [-0.4, -0.2) is 16.5 Å². The van der Waals surface area contributed by atoms with Crippen molar-refractivity contribution in [1.82, 2.24) is 9.97 Å². The predicted octanol–water partition coefficient (Wildman–Crippen LogP) is 4.93. The zero-order valence-corrected chi connectivity index (χ0v) is 14.4. The summed E-state index contributed by atoms with van der Waals surface area (Å²) in [6.07, 6.45) is 0. The van der Waals surface area contributed by atoms with Gasteiger partial charge in [0.1, 0.15) is 11.6 Å². The number of nitrogens with zero attached hydrogens (tertiary/aromatic N) is 2. The standard InChI is InChI=1S/C14H15BrClN3S/c1-3-17-14-13(15)9(2)18-12(19-14)8-20-11-7-5-4-6-10(11)16/h4-7H,3,8H2,1-2H3,(H,17,18,19). The summed E-state index contributed by atoms with van der Waals surface area (Å²) >= 11 is 11.3. The summed E-state index contributed by atoms with van der Waals surface area (Å²) in [5, 5.41) is 4.00. The second kappa shape index (κ2) is 7.29. The Hall–Kier alpha value is -0.780. The normalized spacial score (nSPS) is 10.6. The first-order chi connectivity index (χ1) is 9.61. The van der Waals surface area contributed by atoms with Crippen LogP contribution in [0.5, 0.6) is 0 Å². The van der Waals surface area contributed by atoms with E-state index in [1.807, 2.05) is 38.1 Å². The van der Waals surface area contributed by atoms with Crippen LogP contribution >= 0.6 is 39.3 Å². The molecule has 1 aromatic carbocycles. The molecular formula is C14H15BrClN3S. The first-order valence-corrected chi connectivity index (χ1v) is 8.41. The molecule has 0 amide bonds. The predicted molar refractivity (Wildman–Crippen MR) is 89.6 cm³/mol. The van der Waals surface area contributed by atoms with Gasteiger partial charge in [0.05, 0.1) is 20.9 Å². The van der Waals surface area contributed by atoms with Gasteiger partial charge in [0.25, 0.3) is 0 Å². The molecule has 3 nitrogen and oxygen atoms in total. The smallest absolute Gasteiger partial charge is 0.144 e. The van der Waals surface area contributed by atoms with Gasteiger partial charge < -0.3 is 5.32 Å². The molecule has 0 aliphatic heterocycles. The number of anilines is 1. The molecule has 2 rings (SSSR count). The third kappa shape index (κ3) is 3.87. The van der Waals surface area contributed by atoms with Crippen LogP contribution in [0.25, 0.3) is 0 Å². The van der Waals surface area contributed by atoms with Crippen molar-refractivity contribution in [2.45, 2.75) is 24.5 Å². The van der Waals surface area contributed by atoms with Crippen molar-refractivity contribution < 1.29 is 0 Å². The zero-order chi connectivity index (χ0) is 14.5. The Kier molecular flexibility index (Phi) is 5.69. The quantitative estimate of drug-likeness (QED) is 0.756. The van der Waals surface area contributed by atoms with Gasteiger partial charge in [-0.15, -0.1) is 11.8 Å². The molecule has 20 heavy (non-hydrogen) atoms. The monoisotopic (exact) mass is 371 g/mol. The molecule has 0 spiro atoms. The summed E-state index contributed by atoms with van der Waals surface area (Å²) in [5.41, 5.74) is 0.936. The van der Waals surface area contributed by atoms with Crippen molar-refractivity contribution in [1.29, 1.82) is 0 Å². The first kappa shape index (κ1) is 15.6. The number of aromatic nitrogens is 2. The number of benzene rings is 1. The molecular weight excluding hydrogens is 358 g/mol. The van der Waals surface area contributed by atoms with E-state index in [1.165, 1.54) is 0 Å². The molecule has 0 radical (unpaired) electrons. The Morgan fingerprint density at radius 3 is 2.75 bits per heavy atom. The SMILES string of the molecule is CCNc1nc(CSc2ccccc2Cl)nc(C)c1Br. The van der Waals surface area contributed by atoms with E-state index in [0.29, 0.717) is 5.75 Å². The molecule has 1 N–H and O–H groups in total.